The van der Waals surface area contributed by atoms with E-state index in [9.17, 15) is 9.59 Å². The zero-order valence-electron chi connectivity index (χ0n) is 13.8. The van der Waals surface area contributed by atoms with Crippen LogP contribution in [0.25, 0.3) is 0 Å². The Labute approximate surface area is 145 Å². The van der Waals surface area contributed by atoms with E-state index in [0.717, 1.165) is 30.5 Å². The second kappa shape index (κ2) is 7.13. The fourth-order valence-electron chi connectivity index (χ4n) is 2.57. The summed E-state index contributed by atoms with van der Waals surface area (Å²) < 4.78 is 5.31. The summed E-state index contributed by atoms with van der Waals surface area (Å²) in [7, 11) is 0. The number of hydrogen-bond donors (Lipinski definition) is 0. The number of thiazole rings is 1. The average molecular weight is 344 g/mol. The number of esters is 1. The predicted octanol–water partition coefficient (Wildman–Crippen LogP) is 3.98. The highest BCUT2D eigenvalue weighted by Gasteiger charge is 2.27. The topological polar surface area (TPSA) is 59.5 Å². The molecule has 0 bridgehead atoms. The third-order valence-electron chi connectivity index (χ3n) is 4.11. The fourth-order valence-corrected chi connectivity index (χ4v) is 3.44. The summed E-state index contributed by atoms with van der Waals surface area (Å²) in [6.45, 7) is 3.65. The van der Waals surface area contributed by atoms with E-state index in [-0.39, 0.29) is 24.4 Å². The van der Waals surface area contributed by atoms with Crippen molar-refractivity contribution in [1.82, 2.24) is 4.98 Å². The van der Waals surface area contributed by atoms with Gasteiger partial charge in [0.1, 0.15) is 6.61 Å². The Kier molecular flexibility index (Phi) is 4.94. The van der Waals surface area contributed by atoms with Crippen LogP contribution in [0.4, 0.5) is 10.8 Å². The number of aromatic nitrogens is 1. The van der Waals surface area contributed by atoms with Crippen molar-refractivity contribution < 1.29 is 14.3 Å². The van der Waals surface area contributed by atoms with Gasteiger partial charge >= 0.3 is 5.97 Å². The van der Waals surface area contributed by atoms with Crippen LogP contribution in [0.1, 0.15) is 37.4 Å². The molecule has 0 saturated heterocycles. The van der Waals surface area contributed by atoms with Gasteiger partial charge in [0.15, 0.2) is 5.13 Å². The van der Waals surface area contributed by atoms with Crippen molar-refractivity contribution in [3.8, 4) is 0 Å². The van der Waals surface area contributed by atoms with Crippen molar-refractivity contribution in [2.75, 3.05) is 4.90 Å². The molecule has 126 valence electrons. The highest BCUT2D eigenvalue weighted by Crippen LogP contribution is 2.30. The molecule has 1 aliphatic carbocycles. The normalized spacial score (nSPS) is 14.1. The molecule has 1 fully saturated rings. The molecule has 1 aromatic heterocycles. The molecule has 1 amide bonds. The van der Waals surface area contributed by atoms with Gasteiger partial charge in [-0.05, 0) is 37.5 Å². The largest absolute Gasteiger partial charge is 0.459 e. The summed E-state index contributed by atoms with van der Waals surface area (Å²) in [5.41, 5.74) is 2.53. The van der Waals surface area contributed by atoms with Crippen molar-refractivity contribution >= 4 is 34.0 Å². The molecule has 1 saturated carbocycles. The Morgan fingerprint density at radius 1 is 1.38 bits per heavy atom. The van der Waals surface area contributed by atoms with E-state index in [4.69, 9.17) is 4.74 Å². The van der Waals surface area contributed by atoms with E-state index in [1.807, 2.05) is 36.6 Å². The standard InChI is InChI=1S/C18H20N2O3S/c1-12-5-3-8-16(9-12)20(13(2)21)18-19-15(11-24-18)10-23-17(22)14-6-4-7-14/h3,5,8-9,11,14H,4,6-7,10H2,1-2H3. The Morgan fingerprint density at radius 2 is 2.17 bits per heavy atom. The van der Waals surface area contributed by atoms with Gasteiger partial charge in [0.05, 0.1) is 17.3 Å². The minimum atomic E-state index is -0.141. The summed E-state index contributed by atoms with van der Waals surface area (Å²) in [6.07, 6.45) is 2.95. The van der Waals surface area contributed by atoms with Crippen LogP contribution >= 0.6 is 11.3 Å². The first-order valence-corrected chi connectivity index (χ1v) is 8.91. The van der Waals surface area contributed by atoms with Gasteiger partial charge in [0, 0.05) is 12.3 Å². The highest BCUT2D eigenvalue weighted by molar-refractivity contribution is 7.14. The number of carbonyl (C=O) groups excluding carboxylic acids is 2. The monoisotopic (exact) mass is 344 g/mol. The van der Waals surface area contributed by atoms with Gasteiger partial charge in [-0.2, -0.15) is 0 Å². The molecule has 0 N–H and O–H groups in total. The van der Waals surface area contributed by atoms with Crippen LogP contribution in [0.15, 0.2) is 29.6 Å². The molecule has 24 heavy (non-hydrogen) atoms. The molecule has 0 atom stereocenters. The van der Waals surface area contributed by atoms with Crippen LogP contribution in [-0.4, -0.2) is 16.9 Å². The molecule has 0 spiro atoms. The third-order valence-corrected chi connectivity index (χ3v) is 4.98. The molecule has 1 aliphatic rings. The van der Waals surface area contributed by atoms with Gasteiger partial charge in [0.2, 0.25) is 5.91 Å². The first kappa shape index (κ1) is 16.6. The second-order valence-electron chi connectivity index (χ2n) is 6.05. The summed E-state index contributed by atoms with van der Waals surface area (Å²) in [5, 5.41) is 2.41. The SMILES string of the molecule is CC(=O)N(c1cccc(C)c1)c1nc(COC(=O)C2CCC2)cs1. The van der Waals surface area contributed by atoms with Crippen molar-refractivity contribution in [3.05, 3.63) is 40.9 Å². The predicted molar refractivity (Wildman–Crippen MR) is 93.3 cm³/mol. The van der Waals surface area contributed by atoms with Gasteiger partial charge in [0.25, 0.3) is 0 Å². The lowest BCUT2D eigenvalue weighted by molar-refractivity contribution is -0.152. The van der Waals surface area contributed by atoms with Crippen LogP contribution in [0.5, 0.6) is 0 Å². The molecular formula is C18H20N2O3S. The number of anilines is 2. The molecule has 1 aromatic carbocycles. The van der Waals surface area contributed by atoms with Crippen molar-refractivity contribution in [3.63, 3.8) is 0 Å². The Balaban J connectivity index is 1.72. The number of carbonyl (C=O) groups is 2. The molecule has 6 heteroatoms. The first-order chi connectivity index (χ1) is 11.5. The number of nitrogens with zero attached hydrogens (tertiary/aromatic N) is 2. The first-order valence-electron chi connectivity index (χ1n) is 8.03. The van der Waals surface area contributed by atoms with E-state index in [1.165, 1.54) is 18.3 Å². The van der Waals surface area contributed by atoms with Crippen LogP contribution in [0.3, 0.4) is 0 Å². The van der Waals surface area contributed by atoms with E-state index in [1.54, 1.807) is 4.90 Å². The highest BCUT2D eigenvalue weighted by atomic mass is 32.1. The fraction of sp³-hybridized carbons (Fsp3) is 0.389. The maximum absolute atomic E-state index is 12.1. The third kappa shape index (κ3) is 3.64. The Hall–Kier alpha value is -2.21. The maximum atomic E-state index is 12.1. The van der Waals surface area contributed by atoms with Crippen LogP contribution in [0, 0.1) is 12.8 Å². The number of benzene rings is 1. The molecule has 0 unspecified atom stereocenters. The zero-order chi connectivity index (χ0) is 17.1. The molecule has 2 aromatic rings. The quantitative estimate of drug-likeness (QED) is 0.770. The van der Waals surface area contributed by atoms with Gasteiger partial charge in [-0.1, -0.05) is 18.6 Å². The summed E-state index contributed by atoms with van der Waals surface area (Å²) in [5.74, 6) is -0.185. The zero-order valence-corrected chi connectivity index (χ0v) is 14.6. The van der Waals surface area contributed by atoms with Gasteiger partial charge in [-0.15, -0.1) is 11.3 Å². The van der Waals surface area contributed by atoms with E-state index in [0.29, 0.717) is 10.8 Å². The minimum Gasteiger partial charge on any atom is -0.459 e. The lowest BCUT2D eigenvalue weighted by Gasteiger charge is -2.22. The van der Waals surface area contributed by atoms with Crippen molar-refractivity contribution in [2.45, 2.75) is 39.7 Å². The lowest BCUT2D eigenvalue weighted by Crippen LogP contribution is -2.24. The molecule has 0 radical (unpaired) electrons. The average Bonchev–Trinajstić information content (AvgIpc) is 2.91. The van der Waals surface area contributed by atoms with Crippen LogP contribution in [-0.2, 0) is 20.9 Å². The number of hydrogen-bond acceptors (Lipinski definition) is 5. The smallest absolute Gasteiger partial charge is 0.309 e. The van der Waals surface area contributed by atoms with E-state index in [2.05, 4.69) is 4.98 Å². The van der Waals surface area contributed by atoms with Gasteiger partial charge < -0.3 is 4.74 Å². The molecule has 1 heterocycles. The van der Waals surface area contributed by atoms with Gasteiger partial charge in [-0.3, -0.25) is 14.5 Å². The molecular weight excluding hydrogens is 324 g/mol. The summed E-state index contributed by atoms with van der Waals surface area (Å²) >= 11 is 1.37. The number of aryl methyl sites for hydroxylation is 1. The lowest BCUT2D eigenvalue weighted by atomic mass is 9.86. The molecule has 0 aliphatic heterocycles. The molecule has 3 rings (SSSR count). The Morgan fingerprint density at radius 3 is 2.79 bits per heavy atom. The Bertz CT molecular complexity index is 752. The van der Waals surface area contributed by atoms with Crippen molar-refractivity contribution in [1.29, 1.82) is 0 Å². The number of rotatable bonds is 5. The van der Waals surface area contributed by atoms with E-state index >= 15 is 0 Å². The van der Waals surface area contributed by atoms with Crippen LogP contribution < -0.4 is 4.90 Å². The maximum Gasteiger partial charge on any atom is 0.309 e. The van der Waals surface area contributed by atoms with E-state index < -0.39 is 0 Å². The van der Waals surface area contributed by atoms with Crippen LogP contribution in [0.2, 0.25) is 0 Å². The minimum absolute atomic E-state index is 0.0594. The second-order valence-corrected chi connectivity index (χ2v) is 6.89. The number of amides is 1. The summed E-state index contributed by atoms with van der Waals surface area (Å²) in [4.78, 5) is 29.9. The van der Waals surface area contributed by atoms with Gasteiger partial charge in [-0.25, -0.2) is 4.98 Å². The summed E-state index contributed by atoms with van der Waals surface area (Å²) in [6, 6.07) is 7.72. The molecule has 5 nitrogen and oxygen atoms in total. The van der Waals surface area contributed by atoms with Crippen molar-refractivity contribution in [2.24, 2.45) is 5.92 Å². The number of ether oxygens (including phenoxy) is 1.